The molecule has 0 saturated heterocycles. The van der Waals surface area contributed by atoms with Gasteiger partial charge in [-0.15, -0.1) is 11.3 Å². The summed E-state index contributed by atoms with van der Waals surface area (Å²) in [6.45, 7) is 4.81. The second-order valence-electron chi connectivity index (χ2n) is 15.9. The first-order chi connectivity index (χ1) is 27.6. The average molecular weight is 729 g/mol. The fourth-order valence-corrected chi connectivity index (χ4v) is 11.3. The van der Waals surface area contributed by atoms with E-state index in [-0.39, 0.29) is 5.41 Å². The third-order valence-electron chi connectivity index (χ3n) is 12.7. The van der Waals surface area contributed by atoms with Crippen LogP contribution >= 0.6 is 11.3 Å². The van der Waals surface area contributed by atoms with Crippen LogP contribution in [0.5, 0.6) is 0 Å². The molecule has 0 N–H and O–H groups in total. The molecule has 0 amide bonds. The van der Waals surface area contributed by atoms with Gasteiger partial charge in [0, 0.05) is 25.6 Å². The number of hydrogen-bond acceptors (Lipinski definition) is 1. The molecule has 0 saturated carbocycles. The van der Waals surface area contributed by atoms with Crippen molar-refractivity contribution in [2.45, 2.75) is 19.3 Å². The number of rotatable bonds is 3. The van der Waals surface area contributed by atoms with Crippen LogP contribution in [0.4, 0.5) is 0 Å². The Morgan fingerprint density at radius 3 is 1.57 bits per heavy atom. The highest BCUT2D eigenvalue weighted by Gasteiger charge is 2.37. The lowest BCUT2D eigenvalue weighted by Crippen LogP contribution is -2.15. The Kier molecular flexibility index (Phi) is 6.66. The zero-order valence-corrected chi connectivity index (χ0v) is 32.0. The largest absolute Gasteiger partial charge is 0.135 e. The highest BCUT2D eigenvalue weighted by molar-refractivity contribution is 7.26. The fourth-order valence-electron chi connectivity index (χ4n) is 10.1. The van der Waals surface area contributed by atoms with Crippen LogP contribution in [0.2, 0.25) is 0 Å². The van der Waals surface area contributed by atoms with Crippen molar-refractivity contribution in [2.24, 2.45) is 0 Å². The highest BCUT2D eigenvalue weighted by atomic mass is 32.1. The van der Waals surface area contributed by atoms with Crippen molar-refractivity contribution < 1.29 is 0 Å². The van der Waals surface area contributed by atoms with E-state index < -0.39 is 0 Å². The van der Waals surface area contributed by atoms with Crippen LogP contribution in [0.1, 0.15) is 25.0 Å². The summed E-state index contributed by atoms with van der Waals surface area (Å²) in [4.78, 5) is 0. The molecular weight excluding hydrogens is 693 g/mol. The minimum Gasteiger partial charge on any atom is -0.135 e. The van der Waals surface area contributed by atoms with Crippen LogP contribution in [0.15, 0.2) is 182 Å². The van der Waals surface area contributed by atoms with Gasteiger partial charge in [0.25, 0.3) is 0 Å². The predicted octanol–water partition coefficient (Wildman–Crippen LogP) is 16.0. The number of benzene rings is 10. The van der Waals surface area contributed by atoms with Crippen LogP contribution < -0.4 is 0 Å². The first-order valence-electron chi connectivity index (χ1n) is 19.6. The molecule has 0 unspecified atom stereocenters. The molecule has 0 spiro atoms. The monoisotopic (exact) mass is 728 g/mol. The van der Waals surface area contributed by atoms with E-state index in [1.807, 2.05) is 11.3 Å². The van der Waals surface area contributed by atoms with Crippen LogP contribution in [0, 0.1) is 0 Å². The molecule has 0 atom stereocenters. The molecule has 11 aromatic rings. The van der Waals surface area contributed by atoms with Crippen LogP contribution in [-0.4, -0.2) is 0 Å². The lowest BCUT2D eigenvalue weighted by atomic mass is 9.80. The number of thiophene rings is 1. The maximum absolute atomic E-state index is 2.49. The minimum atomic E-state index is -0.130. The molecule has 0 radical (unpaired) electrons. The van der Waals surface area contributed by atoms with E-state index >= 15 is 0 Å². The normalized spacial score (nSPS) is 13.3. The second-order valence-corrected chi connectivity index (χ2v) is 17.0. The maximum atomic E-state index is 2.49. The highest BCUT2D eigenvalue weighted by Crippen LogP contribution is 2.54. The molecule has 56 heavy (non-hydrogen) atoms. The van der Waals surface area contributed by atoms with Gasteiger partial charge in [-0.25, -0.2) is 0 Å². The summed E-state index contributed by atoms with van der Waals surface area (Å²) in [6.07, 6.45) is 0. The first-order valence-corrected chi connectivity index (χ1v) is 20.4. The van der Waals surface area contributed by atoms with Crippen molar-refractivity contribution in [3.8, 4) is 44.5 Å². The third-order valence-corrected chi connectivity index (χ3v) is 13.8. The van der Waals surface area contributed by atoms with E-state index in [0.717, 1.165) is 0 Å². The molecule has 1 aliphatic rings. The zero-order valence-electron chi connectivity index (χ0n) is 31.2. The van der Waals surface area contributed by atoms with E-state index in [1.165, 1.54) is 119 Å². The van der Waals surface area contributed by atoms with Gasteiger partial charge in [-0.1, -0.05) is 178 Å². The van der Waals surface area contributed by atoms with Gasteiger partial charge in [-0.2, -0.15) is 0 Å². The Bertz CT molecular complexity index is 3380. The fraction of sp³-hybridized carbons (Fsp3) is 0.0545. The summed E-state index contributed by atoms with van der Waals surface area (Å²) in [5.41, 5.74) is 13.1. The van der Waals surface area contributed by atoms with Crippen molar-refractivity contribution >= 4 is 74.6 Å². The molecular formula is C55H36S. The summed E-state index contributed by atoms with van der Waals surface area (Å²) >= 11 is 1.90. The molecule has 1 heteroatoms. The van der Waals surface area contributed by atoms with E-state index in [0.29, 0.717) is 0 Å². The average Bonchev–Trinajstić information content (AvgIpc) is 3.74. The smallest absolute Gasteiger partial charge is 0.0361 e. The van der Waals surface area contributed by atoms with Crippen LogP contribution in [-0.2, 0) is 5.41 Å². The number of fused-ring (bicyclic) bond motifs is 12. The van der Waals surface area contributed by atoms with Crippen molar-refractivity contribution in [3.05, 3.63) is 193 Å². The van der Waals surface area contributed by atoms with Gasteiger partial charge in [-0.3, -0.25) is 0 Å². The molecule has 0 nitrogen and oxygen atoms in total. The molecule has 0 aliphatic heterocycles. The summed E-state index contributed by atoms with van der Waals surface area (Å²) < 4.78 is 2.71. The molecule has 1 aromatic heterocycles. The van der Waals surface area contributed by atoms with E-state index in [4.69, 9.17) is 0 Å². The Hall–Kier alpha value is -6.54. The predicted molar refractivity (Wildman–Crippen MR) is 243 cm³/mol. The Labute approximate surface area is 329 Å². The van der Waals surface area contributed by atoms with E-state index in [1.54, 1.807) is 0 Å². The van der Waals surface area contributed by atoms with Crippen molar-refractivity contribution in [1.82, 2.24) is 0 Å². The SMILES string of the molecule is CC1(C)c2cc(-c3ccc(-c4c5ccccc5c(-c5ccccc5)c5ccccc45)c4ccccc34)ccc2-c2c1ccc1c2ccc2sc3ccccc3c21. The Balaban J connectivity index is 1.06. The lowest BCUT2D eigenvalue weighted by molar-refractivity contribution is 0.661. The second kappa shape index (κ2) is 11.7. The summed E-state index contributed by atoms with van der Waals surface area (Å²) in [5, 5.41) is 13.1. The van der Waals surface area contributed by atoms with Gasteiger partial charge in [0.05, 0.1) is 0 Å². The number of hydrogen-bond donors (Lipinski definition) is 0. The molecule has 10 aromatic carbocycles. The first kappa shape index (κ1) is 31.8. The zero-order chi connectivity index (χ0) is 37.1. The van der Waals surface area contributed by atoms with Gasteiger partial charge >= 0.3 is 0 Å². The van der Waals surface area contributed by atoms with Gasteiger partial charge in [0.1, 0.15) is 0 Å². The summed E-state index contributed by atoms with van der Waals surface area (Å²) in [6, 6.07) is 68.2. The van der Waals surface area contributed by atoms with Crippen molar-refractivity contribution in [3.63, 3.8) is 0 Å². The summed E-state index contributed by atoms with van der Waals surface area (Å²) in [7, 11) is 0. The van der Waals surface area contributed by atoms with Crippen molar-refractivity contribution in [1.29, 1.82) is 0 Å². The standard InChI is InChI=1S/C55H36S/c1-55(2)47-30-28-44-43(29-31-50-54(44)46-22-12-13-23-49(46)56-50)53(47)45-25-24-34(32-48(45)55)35-26-27-42(37-17-7-6-16-36(35)37)52-40-20-10-8-18-38(40)51(33-14-4-3-5-15-33)39-19-9-11-21-41(39)52/h3-32H,1-2H3. The molecule has 1 heterocycles. The molecule has 0 fully saturated rings. The molecule has 0 bridgehead atoms. The van der Waals surface area contributed by atoms with Crippen molar-refractivity contribution in [2.75, 3.05) is 0 Å². The van der Waals surface area contributed by atoms with E-state index in [2.05, 4.69) is 196 Å². The topological polar surface area (TPSA) is 0 Å². The molecule has 1 aliphatic carbocycles. The molecule has 262 valence electrons. The van der Waals surface area contributed by atoms with Gasteiger partial charge in [0.2, 0.25) is 0 Å². The van der Waals surface area contributed by atoms with E-state index in [9.17, 15) is 0 Å². The van der Waals surface area contributed by atoms with Crippen LogP contribution in [0.3, 0.4) is 0 Å². The Morgan fingerprint density at radius 2 is 0.857 bits per heavy atom. The summed E-state index contributed by atoms with van der Waals surface area (Å²) in [5.74, 6) is 0. The van der Waals surface area contributed by atoms with Gasteiger partial charge < -0.3 is 0 Å². The minimum absolute atomic E-state index is 0.130. The molecule has 12 rings (SSSR count). The van der Waals surface area contributed by atoms with Gasteiger partial charge in [-0.05, 0) is 117 Å². The lowest BCUT2D eigenvalue weighted by Gasteiger charge is -2.23. The third kappa shape index (κ3) is 4.35. The Morgan fingerprint density at radius 1 is 0.321 bits per heavy atom. The maximum Gasteiger partial charge on any atom is 0.0361 e. The van der Waals surface area contributed by atoms with Crippen LogP contribution in [0.25, 0.3) is 108 Å². The van der Waals surface area contributed by atoms with Gasteiger partial charge in [0.15, 0.2) is 0 Å². The quantitative estimate of drug-likeness (QED) is 0.159.